The number of rotatable bonds is 1. The second-order valence-corrected chi connectivity index (χ2v) is 5.79. The van der Waals surface area contributed by atoms with Crippen LogP contribution in [0.3, 0.4) is 0 Å². The van der Waals surface area contributed by atoms with Crippen molar-refractivity contribution in [2.45, 2.75) is 39.0 Å². The molecule has 72 valence electrons. The smallest absolute Gasteiger partial charge is 0.203 e. The third-order valence-corrected chi connectivity index (χ3v) is 3.99. The third kappa shape index (κ3) is 1.24. The van der Waals surface area contributed by atoms with Crippen LogP contribution in [0.4, 0.5) is 5.13 Å². The molecule has 0 atom stereocenters. The van der Waals surface area contributed by atoms with Crippen molar-refractivity contribution in [3.05, 3.63) is 5.01 Å². The van der Waals surface area contributed by atoms with Gasteiger partial charge in [0.05, 0.1) is 0 Å². The van der Waals surface area contributed by atoms with Crippen LogP contribution in [-0.4, -0.2) is 10.2 Å². The van der Waals surface area contributed by atoms with Gasteiger partial charge in [-0.25, -0.2) is 0 Å². The summed E-state index contributed by atoms with van der Waals surface area (Å²) in [5.41, 5.74) is 6.13. The highest BCUT2D eigenvalue weighted by atomic mass is 32.1. The van der Waals surface area contributed by atoms with E-state index in [9.17, 15) is 0 Å². The first-order valence-corrected chi connectivity index (χ1v) is 5.37. The van der Waals surface area contributed by atoms with Crippen LogP contribution < -0.4 is 5.73 Å². The van der Waals surface area contributed by atoms with E-state index in [4.69, 9.17) is 5.73 Å². The van der Waals surface area contributed by atoms with Gasteiger partial charge in [0.15, 0.2) is 0 Å². The van der Waals surface area contributed by atoms with Gasteiger partial charge in [-0.15, -0.1) is 10.2 Å². The number of nitrogen functional groups attached to an aromatic ring is 1. The molecule has 0 radical (unpaired) electrons. The van der Waals surface area contributed by atoms with Crippen LogP contribution in [0.25, 0.3) is 0 Å². The van der Waals surface area contributed by atoms with Crippen LogP contribution >= 0.6 is 11.3 Å². The highest BCUT2D eigenvalue weighted by Crippen LogP contribution is 2.60. The minimum Gasteiger partial charge on any atom is -0.374 e. The standard InChI is InChI=1S/C9H15N3S/c1-8(2,3)9(4-5-9)6-11-12-7(10)13-6/h4-5H2,1-3H3,(H2,10,12). The average Bonchev–Trinajstić information content (AvgIpc) is 2.70. The SMILES string of the molecule is CC(C)(C)C1(c2nnc(N)s2)CC1. The Hall–Kier alpha value is -0.640. The largest absolute Gasteiger partial charge is 0.374 e. The molecule has 0 aliphatic heterocycles. The maximum atomic E-state index is 5.59. The van der Waals surface area contributed by atoms with Gasteiger partial charge in [0.25, 0.3) is 0 Å². The molecule has 1 fully saturated rings. The van der Waals surface area contributed by atoms with E-state index in [0.717, 1.165) is 5.01 Å². The zero-order chi connectivity index (χ0) is 9.69. The molecule has 13 heavy (non-hydrogen) atoms. The topological polar surface area (TPSA) is 51.8 Å². The van der Waals surface area contributed by atoms with Crippen molar-refractivity contribution in [3.8, 4) is 0 Å². The van der Waals surface area contributed by atoms with E-state index in [-0.39, 0.29) is 10.8 Å². The Morgan fingerprint density at radius 2 is 1.92 bits per heavy atom. The molecule has 3 nitrogen and oxygen atoms in total. The lowest BCUT2D eigenvalue weighted by Gasteiger charge is -2.28. The van der Waals surface area contributed by atoms with E-state index < -0.39 is 0 Å². The van der Waals surface area contributed by atoms with Crippen molar-refractivity contribution in [2.75, 3.05) is 5.73 Å². The molecule has 0 aromatic carbocycles. The lowest BCUT2D eigenvalue weighted by Crippen LogP contribution is -2.25. The van der Waals surface area contributed by atoms with Crippen molar-refractivity contribution in [1.82, 2.24) is 10.2 Å². The van der Waals surface area contributed by atoms with Gasteiger partial charge in [-0.05, 0) is 18.3 Å². The number of hydrogen-bond donors (Lipinski definition) is 1. The molecule has 1 aromatic heterocycles. The Kier molecular flexibility index (Phi) is 1.68. The first-order valence-electron chi connectivity index (χ1n) is 4.55. The van der Waals surface area contributed by atoms with Crippen LogP contribution in [-0.2, 0) is 5.41 Å². The molecule has 0 unspecified atom stereocenters. The molecule has 1 aromatic rings. The molecule has 0 saturated heterocycles. The summed E-state index contributed by atoms with van der Waals surface area (Å²) in [5.74, 6) is 0. The molecule has 0 bridgehead atoms. The van der Waals surface area contributed by atoms with Crippen LogP contribution in [0.2, 0.25) is 0 Å². The van der Waals surface area contributed by atoms with Gasteiger partial charge in [0.2, 0.25) is 5.13 Å². The van der Waals surface area contributed by atoms with Crippen LogP contribution in [0.5, 0.6) is 0 Å². The zero-order valence-corrected chi connectivity index (χ0v) is 9.11. The Balaban J connectivity index is 2.36. The van der Waals surface area contributed by atoms with Crippen molar-refractivity contribution in [2.24, 2.45) is 5.41 Å². The van der Waals surface area contributed by atoms with E-state index >= 15 is 0 Å². The summed E-state index contributed by atoms with van der Waals surface area (Å²) in [5, 5.41) is 9.75. The fourth-order valence-corrected chi connectivity index (χ4v) is 2.90. The molecule has 2 rings (SSSR count). The Bertz CT molecular complexity index is 320. The quantitative estimate of drug-likeness (QED) is 0.751. The second-order valence-electron chi connectivity index (χ2n) is 4.78. The first-order chi connectivity index (χ1) is 5.96. The second kappa shape index (κ2) is 2.44. The van der Waals surface area contributed by atoms with Crippen molar-refractivity contribution in [1.29, 1.82) is 0 Å². The zero-order valence-electron chi connectivity index (χ0n) is 8.29. The van der Waals surface area contributed by atoms with Gasteiger partial charge in [-0.1, -0.05) is 32.1 Å². The summed E-state index contributed by atoms with van der Waals surface area (Å²) >= 11 is 1.54. The maximum absolute atomic E-state index is 5.59. The van der Waals surface area contributed by atoms with E-state index in [1.165, 1.54) is 24.2 Å². The highest BCUT2D eigenvalue weighted by Gasteiger charge is 2.55. The first kappa shape index (κ1) is 8.94. The number of nitrogens with two attached hydrogens (primary N) is 1. The number of aromatic nitrogens is 2. The van der Waals surface area contributed by atoms with Crippen molar-refractivity contribution < 1.29 is 0 Å². The molecule has 0 spiro atoms. The predicted octanol–water partition coefficient (Wildman–Crippen LogP) is 2.20. The summed E-state index contributed by atoms with van der Waals surface area (Å²) in [6.07, 6.45) is 2.45. The van der Waals surface area contributed by atoms with Gasteiger partial charge < -0.3 is 5.73 Å². The van der Waals surface area contributed by atoms with Crippen molar-refractivity contribution >= 4 is 16.5 Å². The Morgan fingerprint density at radius 3 is 2.23 bits per heavy atom. The number of hydrogen-bond acceptors (Lipinski definition) is 4. The minimum absolute atomic E-state index is 0.266. The number of nitrogens with zero attached hydrogens (tertiary/aromatic N) is 2. The lowest BCUT2D eigenvalue weighted by atomic mass is 9.78. The fraction of sp³-hybridized carbons (Fsp3) is 0.778. The fourth-order valence-electron chi connectivity index (χ4n) is 1.84. The van der Waals surface area contributed by atoms with E-state index in [2.05, 4.69) is 31.0 Å². The van der Waals surface area contributed by atoms with Crippen LogP contribution in [0.1, 0.15) is 38.6 Å². The molecular formula is C9H15N3S. The maximum Gasteiger partial charge on any atom is 0.203 e. The summed E-state index contributed by atoms with van der Waals surface area (Å²) in [6, 6.07) is 0. The molecule has 2 N–H and O–H groups in total. The van der Waals surface area contributed by atoms with Gasteiger partial charge >= 0.3 is 0 Å². The predicted molar refractivity (Wildman–Crippen MR) is 54.7 cm³/mol. The van der Waals surface area contributed by atoms with E-state index in [1.54, 1.807) is 0 Å². The highest BCUT2D eigenvalue weighted by molar-refractivity contribution is 7.15. The van der Waals surface area contributed by atoms with Gasteiger partial charge in [0.1, 0.15) is 5.01 Å². The van der Waals surface area contributed by atoms with Gasteiger partial charge in [-0.3, -0.25) is 0 Å². The van der Waals surface area contributed by atoms with E-state index in [1.807, 2.05) is 0 Å². The molecule has 1 saturated carbocycles. The molecular weight excluding hydrogens is 182 g/mol. The van der Waals surface area contributed by atoms with Gasteiger partial charge in [0, 0.05) is 5.41 Å². The summed E-state index contributed by atoms with van der Waals surface area (Å²) < 4.78 is 0. The Morgan fingerprint density at radius 1 is 1.31 bits per heavy atom. The van der Waals surface area contributed by atoms with E-state index in [0.29, 0.717) is 5.13 Å². The molecule has 1 aliphatic rings. The minimum atomic E-state index is 0.266. The molecule has 4 heteroatoms. The summed E-state index contributed by atoms with van der Waals surface area (Å²) in [6.45, 7) is 6.78. The summed E-state index contributed by atoms with van der Waals surface area (Å²) in [4.78, 5) is 0. The van der Waals surface area contributed by atoms with Crippen LogP contribution in [0.15, 0.2) is 0 Å². The third-order valence-electron chi connectivity index (χ3n) is 3.04. The Labute approximate surface area is 82.4 Å². The molecule has 0 amide bonds. The normalized spacial score (nSPS) is 20.2. The molecule has 1 aliphatic carbocycles. The van der Waals surface area contributed by atoms with Gasteiger partial charge in [-0.2, -0.15) is 0 Å². The lowest BCUT2D eigenvalue weighted by molar-refractivity contribution is 0.297. The summed E-state index contributed by atoms with van der Waals surface area (Å²) in [7, 11) is 0. The van der Waals surface area contributed by atoms with Crippen molar-refractivity contribution in [3.63, 3.8) is 0 Å². The average molecular weight is 197 g/mol. The molecule has 1 heterocycles. The number of anilines is 1. The monoisotopic (exact) mass is 197 g/mol. The van der Waals surface area contributed by atoms with Crippen LogP contribution in [0, 0.1) is 5.41 Å².